The zero-order chi connectivity index (χ0) is 19.3. The maximum Gasteiger partial charge on any atom is 0.208 e. The van der Waals surface area contributed by atoms with E-state index in [-0.39, 0.29) is 11.6 Å². The summed E-state index contributed by atoms with van der Waals surface area (Å²) in [5.74, 6) is 0.629. The van der Waals surface area contributed by atoms with Crippen molar-refractivity contribution in [2.75, 3.05) is 5.32 Å². The molecule has 0 fully saturated rings. The summed E-state index contributed by atoms with van der Waals surface area (Å²) < 4.78 is 19.1. The van der Waals surface area contributed by atoms with Crippen LogP contribution in [0.25, 0.3) is 0 Å². The summed E-state index contributed by atoms with van der Waals surface area (Å²) in [4.78, 5) is 13.0. The Balaban J connectivity index is 1.68. The third kappa shape index (κ3) is 4.01. The van der Waals surface area contributed by atoms with E-state index in [1.807, 2.05) is 48.5 Å². The Morgan fingerprint density at radius 1 is 0.857 bits per heavy atom. The molecule has 1 aromatic heterocycles. The number of halogens is 1. The molecule has 0 aliphatic carbocycles. The van der Waals surface area contributed by atoms with Crippen molar-refractivity contribution in [1.29, 1.82) is 0 Å². The zero-order valence-electron chi connectivity index (χ0n) is 15.1. The van der Waals surface area contributed by atoms with Crippen molar-refractivity contribution in [2.45, 2.75) is 6.42 Å². The second-order valence-electron chi connectivity index (χ2n) is 6.44. The minimum absolute atomic E-state index is 0.117. The van der Waals surface area contributed by atoms with E-state index in [1.165, 1.54) is 12.1 Å². The third-order valence-electron chi connectivity index (χ3n) is 4.39. The van der Waals surface area contributed by atoms with E-state index >= 15 is 0 Å². The Morgan fingerprint density at radius 2 is 1.50 bits per heavy atom. The van der Waals surface area contributed by atoms with Gasteiger partial charge in [0.2, 0.25) is 5.88 Å². The van der Waals surface area contributed by atoms with Crippen LogP contribution in [0, 0.1) is 5.82 Å². The summed E-state index contributed by atoms with van der Waals surface area (Å²) in [6.45, 7) is 0. The molecule has 1 N–H and O–H groups in total. The summed E-state index contributed by atoms with van der Waals surface area (Å²) in [5, 5.41) is 3.19. The van der Waals surface area contributed by atoms with Gasteiger partial charge < -0.3 is 9.73 Å². The molecule has 0 saturated heterocycles. The fourth-order valence-corrected chi connectivity index (χ4v) is 2.99. The van der Waals surface area contributed by atoms with Crippen LogP contribution in [0.3, 0.4) is 0 Å². The van der Waals surface area contributed by atoms with Gasteiger partial charge in [-0.05, 0) is 35.9 Å². The van der Waals surface area contributed by atoms with Gasteiger partial charge in [0, 0.05) is 17.7 Å². The minimum atomic E-state index is -0.283. The van der Waals surface area contributed by atoms with E-state index in [2.05, 4.69) is 5.32 Å². The van der Waals surface area contributed by atoms with Crippen molar-refractivity contribution in [3.8, 4) is 0 Å². The van der Waals surface area contributed by atoms with Gasteiger partial charge in [-0.25, -0.2) is 4.39 Å². The minimum Gasteiger partial charge on any atom is -0.444 e. The highest BCUT2D eigenvalue weighted by Crippen LogP contribution is 2.28. The number of hydrogen-bond donors (Lipinski definition) is 1. The number of nitrogens with one attached hydrogen (secondary N) is 1. The van der Waals surface area contributed by atoms with Crippen LogP contribution in [-0.2, 0) is 6.42 Å². The molecule has 0 spiro atoms. The van der Waals surface area contributed by atoms with Crippen molar-refractivity contribution in [3.63, 3.8) is 0 Å². The number of carbonyl (C=O) groups is 1. The molecule has 28 heavy (non-hydrogen) atoms. The zero-order valence-corrected chi connectivity index (χ0v) is 15.1. The second kappa shape index (κ2) is 7.92. The van der Waals surface area contributed by atoms with E-state index in [0.717, 1.165) is 11.3 Å². The quantitative estimate of drug-likeness (QED) is 0.424. The summed E-state index contributed by atoms with van der Waals surface area (Å²) in [5.41, 5.74) is 2.78. The first-order valence-electron chi connectivity index (χ1n) is 8.98. The normalized spacial score (nSPS) is 10.6. The van der Waals surface area contributed by atoms with Gasteiger partial charge in [-0.1, -0.05) is 60.7 Å². The smallest absolute Gasteiger partial charge is 0.208 e. The molecule has 0 atom stereocenters. The molecule has 138 valence electrons. The van der Waals surface area contributed by atoms with Crippen LogP contribution in [0.1, 0.15) is 27.2 Å². The largest absolute Gasteiger partial charge is 0.444 e. The van der Waals surface area contributed by atoms with Crippen LogP contribution in [0.2, 0.25) is 0 Å². The Hall–Kier alpha value is -3.66. The number of para-hydroxylation sites is 1. The highest BCUT2D eigenvalue weighted by Gasteiger charge is 2.20. The first-order chi connectivity index (χ1) is 13.7. The first-order valence-corrected chi connectivity index (χ1v) is 8.98. The van der Waals surface area contributed by atoms with Crippen LogP contribution < -0.4 is 5.32 Å². The van der Waals surface area contributed by atoms with Crippen LogP contribution in [0.15, 0.2) is 95.4 Å². The number of anilines is 2. The molecule has 0 radical (unpaired) electrons. The summed E-state index contributed by atoms with van der Waals surface area (Å²) in [6.07, 6.45) is 0.464. The van der Waals surface area contributed by atoms with Crippen LogP contribution in [-0.4, -0.2) is 5.78 Å². The van der Waals surface area contributed by atoms with Gasteiger partial charge in [-0.2, -0.15) is 0 Å². The maximum atomic E-state index is 13.2. The van der Waals surface area contributed by atoms with E-state index < -0.39 is 0 Å². The maximum absolute atomic E-state index is 13.2. The summed E-state index contributed by atoms with van der Waals surface area (Å²) in [7, 11) is 0. The van der Waals surface area contributed by atoms with Gasteiger partial charge in [0.05, 0.1) is 5.56 Å². The number of rotatable bonds is 6. The topological polar surface area (TPSA) is 42.2 Å². The Bertz CT molecular complexity index is 1070. The van der Waals surface area contributed by atoms with Crippen molar-refractivity contribution in [3.05, 3.63) is 119 Å². The highest BCUT2D eigenvalue weighted by atomic mass is 19.1. The number of ketones is 1. The van der Waals surface area contributed by atoms with Gasteiger partial charge in [-0.15, -0.1) is 0 Å². The molecule has 1 heterocycles. The predicted molar refractivity (Wildman–Crippen MR) is 108 cm³/mol. The third-order valence-corrected chi connectivity index (χ3v) is 4.39. The lowest BCUT2D eigenvalue weighted by Crippen LogP contribution is -2.03. The number of carbonyl (C=O) groups excluding carboxylic acids is 1. The average molecular weight is 371 g/mol. The summed E-state index contributed by atoms with van der Waals surface area (Å²) in [6, 6.07) is 26.6. The first kappa shape index (κ1) is 17.7. The molecule has 0 saturated carbocycles. The lowest BCUT2D eigenvalue weighted by Gasteiger charge is -2.05. The van der Waals surface area contributed by atoms with Gasteiger partial charge in [0.25, 0.3) is 0 Å². The molecule has 0 aliphatic rings. The fourth-order valence-electron chi connectivity index (χ4n) is 2.99. The van der Waals surface area contributed by atoms with Crippen LogP contribution in [0.5, 0.6) is 0 Å². The average Bonchev–Trinajstić information content (AvgIpc) is 3.12. The van der Waals surface area contributed by atoms with E-state index in [1.54, 1.807) is 30.3 Å². The molecule has 3 aromatic carbocycles. The fraction of sp³-hybridized carbons (Fsp3) is 0.0417. The van der Waals surface area contributed by atoms with Crippen molar-refractivity contribution in [1.82, 2.24) is 0 Å². The molecule has 0 unspecified atom stereocenters. The molecule has 0 bridgehead atoms. The molecule has 4 heteroatoms. The monoisotopic (exact) mass is 371 g/mol. The van der Waals surface area contributed by atoms with Gasteiger partial charge in [0.15, 0.2) is 5.78 Å². The van der Waals surface area contributed by atoms with Crippen LogP contribution in [0.4, 0.5) is 16.0 Å². The lowest BCUT2D eigenvalue weighted by atomic mass is 10.0. The molecule has 0 aliphatic heterocycles. The van der Waals surface area contributed by atoms with Crippen molar-refractivity contribution in [2.24, 2.45) is 0 Å². The number of hydrogen-bond acceptors (Lipinski definition) is 3. The highest BCUT2D eigenvalue weighted by molar-refractivity contribution is 6.12. The second-order valence-corrected chi connectivity index (χ2v) is 6.44. The predicted octanol–water partition coefficient (Wildman–Crippen LogP) is 5.98. The Morgan fingerprint density at radius 3 is 2.18 bits per heavy atom. The Kier molecular flexibility index (Phi) is 5.02. The van der Waals surface area contributed by atoms with E-state index in [4.69, 9.17) is 4.42 Å². The number of benzene rings is 3. The van der Waals surface area contributed by atoms with Crippen molar-refractivity contribution >= 4 is 17.4 Å². The lowest BCUT2D eigenvalue weighted by molar-refractivity contribution is 0.103. The van der Waals surface area contributed by atoms with Gasteiger partial charge >= 0.3 is 0 Å². The Labute approximate surface area is 162 Å². The number of furan rings is 1. The molecule has 4 aromatic rings. The standard InChI is InChI=1S/C24H18FNO2/c25-19-13-11-17(12-14-19)15-21-16-22(23(27)18-7-3-1-4-8-18)24(28-21)26-20-9-5-2-6-10-20/h1-14,16,26H,15H2. The van der Waals surface area contributed by atoms with E-state index in [0.29, 0.717) is 29.2 Å². The van der Waals surface area contributed by atoms with Crippen molar-refractivity contribution < 1.29 is 13.6 Å². The summed E-state index contributed by atoms with van der Waals surface area (Å²) >= 11 is 0. The molecule has 3 nitrogen and oxygen atoms in total. The molecule has 0 amide bonds. The van der Waals surface area contributed by atoms with E-state index in [9.17, 15) is 9.18 Å². The molecular weight excluding hydrogens is 353 g/mol. The van der Waals surface area contributed by atoms with Gasteiger partial charge in [0.1, 0.15) is 11.6 Å². The molecular formula is C24H18FNO2. The van der Waals surface area contributed by atoms with Crippen LogP contribution >= 0.6 is 0 Å². The molecule has 4 rings (SSSR count). The SMILES string of the molecule is O=C(c1ccccc1)c1cc(Cc2ccc(F)cc2)oc1Nc1ccccc1. The van der Waals surface area contributed by atoms with Gasteiger partial charge in [-0.3, -0.25) is 4.79 Å².